The molecule has 5 heteroatoms. The number of halogens is 2. The number of nitrogens with one attached hydrogen (secondary N) is 1. The second-order valence-electron chi connectivity index (χ2n) is 5.49. The first-order valence-electron chi connectivity index (χ1n) is 6.90. The summed E-state index contributed by atoms with van der Waals surface area (Å²) in [7, 11) is 0. The van der Waals surface area contributed by atoms with Crippen molar-refractivity contribution in [3.63, 3.8) is 0 Å². The molecule has 3 rings (SSSR count). The van der Waals surface area contributed by atoms with Crippen LogP contribution < -0.4 is 11.1 Å². The highest BCUT2D eigenvalue weighted by Gasteiger charge is 2.35. The van der Waals surface area contributed by atoms with Crippen molar-refractivity contribution in [3.8, 4) is 0 Å². The minimum atomic E-state index is 0.472. The maximum Gasteiger partial charge on any atom is 0.0614 e. The highest BCUT2D eigenvalue weighted by Crippen LogP contribution is 2.34. The van der Waals surface area contributed by atoms with Gasteiger partial charge < -0.3 is 11.1 Å². The number of rotatable bonds is 2. The topological polar surface area (TPSA) is 41.3 Å². The van der Waals surface area contributed by atoms with Gasteiger partial charge in [0.1, 0.15) is 0 Å². The minimum absolute atomic E-state index is 0.472. The summed E-state index contributed by atoms with van der Waals surface area (Å²) in [5, 5.41) is 4.63. The predicted molar refractivity (Wildman–Crippen MR) is 82.1 cm³/mol. The molecule has 2 aliphatic rings. The lowest BCUT2D eigenvalue weighted by molar-refractivity contribution is 0.193. The Hall–Kier alpha value is -0.640. The lowest BCUT2D eigenvalue weighted by Crippen LogP contribution is -2.41. The van der Waals surface area contributed by atoms with Gasteiger partial charge in [-0.2, -0.15) is 0 Å². The van der Waals surface area contributed by atoms with Crippen LogP contribution in [0.3, 0.4) is 0 Å². The van der Waals surface area contributed by atoms with E-state index in [1.807, 2.05) is 6.07 Å². The van der Waals surface area contributed by atoms with Gasteiger partial charge in [-0.25, -0.2) is 0 Å². The molecule has 3 nitrogen and oxygen atoms in total. The van der Waals surface area contributed by atoms with E-state index in [0.717, 1.165) is 5.69 Å². The zero-order chi connectivity index (χ0) is 13.4. The molecule has 104 valence electrons. The van der Waals surface area contributed by atoms with Gasteiger partial charge in [0.15, 0.2) is 0 Å². The molecule has 2 atom stereocenters. The van der Waals surface area contributed by atoms with Crippen molar-refractivity contribution in [2.45, 2.75) is 37.8 Å². The molecule has 2 fully saturated rings. The number of fused-ring (bicyclic) bond motifs is 1. The van der Waals surface area contributed by atoms with Gasteiger partial charge in [-0.1, -0.05) is 29.6 Å². The summed E-state index contributed by atoms with van der Waals surface area (Å²) in [6, 6.07) is 4.67. The van der Waals surface area contributed by atoms with E-state index in [9.17, 15) is 0 Å². The number of nitrogens with zero attached hydrogens (tertiary/aromatic N) is 1. The third kappa shape index (κ3) is 2.64. The Morgan fingerprint density at radius 3 is 2.74 bits per heavy atom. The first-order chi connectivity index (χ1) is 9.15. The molecule has 0 saturated carbocycles. The van der Waals surface area contributed by atoms with Crippen LogP contribution in [0.2, 0.25) is 10.0 Å². The molecule has 19 heavy (non-hydrogen) atoms. The maximum atomic E-state index is 6.07. The van der Waals surface area contributed by atoms with Gasteiger partial charge in [-0.05, 0) is 37.9 Å². The molecule has 2 saturated heterocycles. The molecule has 0 spiro atoms. The molecule has 2 unspecified atom stereocenters. The monoisotopic (exact) mass is 299 g/mol. The Labute approximate surface area is 124 Å². The molecule has 0 bridgehead atoms. The summed E-state index contributed by atoms with van der Waals surface area (Å²) in [5.74, 6) is 0. The molecule has 3 N–H and O–H groups in total. The van der Waals surface area contributed by atoms with Crippen molar-refractivity contribution in [3.05, 3.63) is 22.2 Å². The zero-order valence-corrected chi connectivity index (χ0v) is 12.3. The van der Waals surface area contributed by atoms with E-state index in [1.54, 1.807) is 6.07 Å². The predicted octanol–water partition coefficient (Wildman–Crippen LogP) is 3.61. The molecular formula is C14H19Cl2N3. The van der Waals surface area contributed by atoms with Crippen LogP contribution in [-0.2, 0) is 0 Å². The Balaban J connectivity index is 1.76. The summed E-state index contributed by atoms with van der Waals surface area (Å²) in [5.41, 5.74) is 7.60. The summed E-state index contributed by atoms with van der Waals surface area (Å²) >= 11 is 12.0. The van der Waals surface area contributed by atoms with Crippen molar-refractivity contribution >= 4 is 34.6 Å². The van der Waals surface area contributed by atoms with Crippen LogP contribution in [0.1, 0.15) is 25.7 Å². The van der Waals surface area contributed by atoms with E-state index < -0.39 is 0 Å². The second-order valence-corrected chi connectivity index (χ2v) is 6.31. The highest BCUT2D eigenvalue weighted by molar-refractivity contribution is 6.42. The van der Waals surface area contributed by atoms with Crippen molar-refractivity contribution < 1.29 is 0 Å². The van der Waals surface area contributed by atoms with E-state index in [1.165, 1.54) is 38.8 Å². The van der Waals surface area contributed by atoms with Gasteiger partial charge in [0.2, 0.25) is 0 Å². The minimum Gasteiger partial charge on any atom is -0.397 e. The van der Waals surface area contributed by atoms with Crippen LogP contribution in [0.5, 0.6) is 0 Å². The number of benzene rings is 1. The standard InChI is InChI=1S/C14H19Cl2N3/c15-9-7-11(17)13(8-10(9)16)18-12-4-6-19-5-2-1-3-14(12)19/h7-8,12,14,18H,1-6,17H2. The number of nitrogen functional groups attached to an aromatic ring is 1. The van der Waals surface area contributed by atoms with E-state index in [-0.39, 0.29) is 0 Å². The average molecular weight is 300 g/mol. The smallest absolute Gasteiger partial charge is 0.0614 e. The van der Waals surface area contributed by atoms with Gasteiger partial charge >= 0.3 is 0 Å². The highest BCUT2D eigenvalue weighted by atomic mass is 35.5. The Kier molecular flexibility index (Phi) is 3.79. The SMILES string of the molecule is Nc1cc(Cl)c(Cl)cc1NC1CCN2CCCCC12. The maximum absolute atomic E-state index is 6.07. The fraction of sp³-hybridized carbons (Fsp3) is 0.571. The van der Waals surface area contributed by atoms with Crippen molar-refractivity contribution in [1.29, 1.82) is 0 Å². The van der Waals surface area contributed by atoms with Gasteiger partial charge in [-0.3, -0.25) is 4.90 Å². The summed E-state index contributed by atoms with van der Waals surface area (Å²) < 4.78 is 0. The first kappa shape index (κ1) is 13.3. The molecule has 1 aromatic rings. The third-order valence-electron chi connectivity index (χ3n) is 4.29. The van der Waals surface area contributed by atoms with Crippen LogP contribution >= 0.6 is 23.2 Å². The Morgan fingerprint density at radius 2 is 1.89 bits per heavy atom. The Morgan fingerprint density at radius 1 is 1.11 bits per heavy atom. The van der Waals surface area contributed by atoms with Crippen LogP contribution in [0, 0.1) is 0 Å². The van der Waals surface area contributed by atoms with E-state index in [0.29, 0.717) is 27.8 Å². The van der Waals surface area contributed by atoms with Gasteiger partial charge in [0.05, 0.1) is 21.4 Å². The summed E-state index contributed by atoms with van der Waals surface area (Å²) in [6.07, 6.45) is 5.11. The van der Waals surface area contributed by atoms with Crippen molar-refractivity contribution in [1.82, 2.24) is 4.90 Å². The fourth-order valence-electron chi connectivity index (χ4n) is 3.30. The average Bonchev–Trinajstić information content (AvgIpc) is 2.80. The quantitative estimate of drug-likeness (QED) is 0.820. The number of hydrogen-bond donors (Lipinski definition) is 2. The van der Waals surface area contributed by atoms with Crippen LogP contribution in [-0.4, -0.2) is 30.1 Å². The van der Waals surface area contributed by atoms with Crippen LogP contribution in [0.4, 0.5) is 11.4 Å². The number of nitrogens with two attached hydrogens (primary N) is 1. The number of piperidine rings is 1. The first-order valence-corrected chi connectivity index (χ1v) is 7.66. The number of hydrogen-bond acceptors (Lipinski definition) is 3. The van der Waals surface area contributed by atoms with Crippen molar-refractivity contribution in [2.75, 3.05) is 24.1 Å². The largest absolute Gasteiger partial charge is 0.397 e. The summed E-state index contributed by atoms with van der Waals surface area (Å²) in [4.78, 5) is 2.59. The zero-order valence-electron chi connectivity index (χ0n) is 10.8. The molecule has 0 aromatic heterocycles. The molecule has 2 heterocycles. The molecule has 0 amide bonds. The van der Waals surface area contributed by atoms with E-state index in [2.05, 4.69) is 10.2 Å². The lowest BCUT2D eigenvalue weighted by Gasteiger charge is -2.33. The fourth-order valence-corrected chi connectivity index (χ4v) is 3.64. The molecule has 1 aromatic carbocycles. The van der Waals surface area contributed by atoms with E-state index >= 15 is 0 Å². The second kappa shape index (κ2) is 5.39. The lowest BCUT2D eigenvalue weighted by atomic mass is 9.99. The normalized spacial score (nSPS) is 27.3. The summed E-state index contributed by atoms with van der Waals surface area (Å²) in [6.45, 7) is 2.42. The van der Waals surface area contributed by atoms with Gasteiger partial charge in [0, 0.05) is 18.6 Å². The van der Waals surface area contributed by atoms with Crippen LogP contribution in [0.25, 0.3) is 0 Å². The molecule has 0 aliphatic carbocycles. The van der Waals surface area contributed by atoms with Gasteiger partial charge in [0.25, 0.3) is 0 Å². The number of anilines is 2. The van der Waals surface area contributed by atoms with Gasteiger partial charge in [-0.15, -0.1) is 0 Å². The van der Waals surface area contributed by atoms with Crippen LogP contribution in [0.15, 0.2) is 12.1 Å². The third-order valence-corrected chi connectivity index (χ3v) is 5.01. The molecule has 2 aliphatic heterocycles. The van der Waals surface area contributed by atoms with Crippen molar-refractivity contribution in [2.24, 2.45) is 0 Å². The van der Waals surface area contributed by atoms with E-state index in [4.69, 9.17) is 28.9 Å². The molecule has 0 radical (unpaired) electrons. The molecular weight excluding hydrogens is 281 g/mol. The Bertz CT molecular complexity index is 478.